The summed E-state index contributed by atoms with van der Waals surface area (Å²) in [5.74, 6) is 0.584. The molecular weight excluding hydrogens is 238 g/mol. The van der Waals surface area contributed by atoms with E-state index in [4.69, 9.17) is 4.74 Å². The molecule has 2 atom stereocenters. The number of aromatic nitrogens is 1. The average molecular weight is 263 g/mol. The van der Waals surface area contributed by atoms with Crippen molar-refractivity contribution in [2.75, 3.05) is 33.4 Å². The largest absolute Gasteiger partial charge is 0.379 e. The first-order chi connectivity index (χ1) is 9.29. The Morgan fingerprint density at radius 1 is 1.42 bits per heavy atom. The van der Waals surface area contributed by atoms with Crippen LogP contribution in [0.25, 0.3) is 0 Å². The summed E-state index contributed by atoms with van der Waals surface area (Å²) < 4.78 is 5.61. The van der Waals surface area contributed by atoms with Gasteiger partial charge in [-0.15, -0.1) is 0 Å². The average Bonchev–Trinajstić information content (AvgIpc) is 2.84. The third-order valence-corrected chi connectivity index (χ3v) is 3.56. The van der Waals surface area contributed by atoms with E-state index in [0.29, 0.717) is 12.0 Å². The smallest absolute Gasteiger partial charge is 0.0623 e. The lowest BCUT2D eigenvalue weighted by Crippen LogP contribution is -2.41. The first-order valence-corrected chi connectivity index (χ1v) is 7.19. The van der Waals surface area contributed by atoms with Crippen molar-refractivity contribution in [3.63, 3.8) is 0 Å². The summed E-state index contributed by atoms with van der Waals surface area (Å²) in [6.45, 7) is 6.95. The van der Waals surface area contributed by atoms with Crippen molar-refractivity contribution in [1.82, 2.24) is 15.2 Å². The summed E-state index contributed by atoms with van der Waals surface area (Å²) in [5, 5.41) is 3.58. The van der Waals surface area contributed by atoms with Gasteiger partial charge < -0.3 is 15.0 Å². The van der Waals surface area contributed by atoms with Crippen molar-refractivity contribution < 1.29 is 4.74 Å². The Kier molecular flexibility index (Phi) is 5.76. The third kappa shape index (κ3) is 4.56. The molecule has 0 saturated carbocycles. The summed E-state index contributed by atoms with van der Waals surface area (Å²) in [6.07, 6.45) is 3.03. The Balaban J connectivity index is 1.79. The Hall–Kier alpha value is -0.970. The molecule has 2 heterocycles. The quantitative estimate of drug-likeness (QED) is 0.809. The van der Waals surface area contributed by atoms with Gasteiger partial charge in [0.2, 0.25) is 0 Å². The maximum Gasteiger partial charge on any atom is 0.0623 e. The standard InChI is InChI=1S/C15H25N3O/c1-3-7-17-15-12-19-11-13(15)9-18(2)10-14-6-4-5-8-16-14/h4-6,8,13,15,17H,3,7,9-12H2,1-2H3. The van der Waals surface area contributed by atoms with Gasteiger partial charge in [0.1, 0.15) is 0 Å². The van der Waals surface area contributed by atoms with Gasteiger partial charge in [0, 0.05) is 31.2 Å². The molecule has 1 aliphatic heterocycles. The van der Waals surface area contributed by atoms with Gasteiger partial charge in [-0.3, -0.25) is 4.98 Å². The van der Waals surface area contributed by atoms with Gasteiger partial charge in [0.25, 0.3) is 0 Å². The van der Waals surface area contributed by atoms with Crippen molar-refractivity contribution >= 4 is 0 Å². The van der Waals surface area contributed by atoms with Gasteiger partial charge in [0.15, 0.2) is 0 Å². The van der Waals surface area contributed by atoms with E-state index in [2.05, 4.69) is 35.2 Å². The van der Waals surface area contributed by atoms with E-state index in [0.717, 1.165) is 38.5 Å². The normalized spacial score (nSPS) is 23.1. The highest BCUT2D eigenvalue weighted by Crippen LogP contribution is 2.15. The molecule has 1 aromatic heterocycles. The predicted molar refractivity (Wildman–Crippen MR) is 77.0 cm³/mol. The Morgan fingerprint density at radius 2 is 2.32 bits per heavy atom. The number of ether oxygens (including phenoxy) is 1. The van der Waals surface area contributed by atoms with Crippen molar-refractivity contribution in [3.8, 4) is 0 Å². The van der Waals surface area contributed by atoms with Gasteiger partial charge in [-0.1, -0.05) is 13.0 Å². The summed E-state index contributed by atoms with van der Waals surface area (Å²) in [7, 11) is 2.16. The van der Waals surface area contributed by atoms with Crippen LogP contribution < -0.4 is 5.32 Å². The highest BCUT2D eigenvalue weighted by Gasteiger charge is 2.28. The fourth-order valence-electron chi connectivity index (χ4n) is 2.57. The van der Waals surface area contributed by atoms with Crippen LogP contribution in [0.1, 0.15) is 19.0 Å². The van der Waals surface area contributed by atoms with Crippen LogP contribution in [-0.4, -0.2) is 49.3 Å². The van der Waals surface area contributed by atoms with Gasteiger partial charge in [-0.2, -0.15) is 0 Å². The van der Waals surface area contributed by atoms with Crippen molar-refractivity contribution in [1.29, 1.82) is 0 Å². The Bertz CT molecular complexity index is 358. The summed E-state index contributed by atoms with van der Waals surface area (Å²) in [6, 6.07) is 6.58. The van der Waals surface area contributed by atoms with E-state index in [9.17, 15) is 0 Å². The maximum atomic E-state index is 5.61. The molecule has 1 aliphatic rings. The summed E-state index contributed by atoms with van der Waals surface area (Å²) in [4.78, 5) is 6.71. The highest BCUT2D eigenvalue weighted by atomic mass is 16.5. The zero-order valence-electron chi connectivity index (χ0n) is 12.0. The minimum absolute atomic E-state index is 0.506. The van der Waals surface area contributed by atoms with Gasteiger partial charge in [-0.25, -0.2) is 0 Å². The Labute approximate surface area is 116 Å². The monoisotopic (exact) mass is 263 g/mol. The lowest BCUT2D eigenvalue weighted by atomic mass is 10.0. The molecule has 4 heteroatoms. The molecule has 1 saturated heterocycles. The van der Waals surface area contributed by atoms with Crippen molar-refractivity contribution in [3.05, 3.63) is 30.1 Å². The van der Waals surface area contributed by atoms with Gasteiger partial charge in [-0.05, 0) is 32.1 Å². The lowest BCUT2D eigenvalue weighted by Gasteiger charge is -2.24. The minimum Gasteiger partial charge on any atom is -0.379 e. The molecule has 2 unspecified atom stereocenters. The zero-order chi connectivity index (χ0) is 13.5. The summed E-state index contributed by atoms with van der Waals surface area (Å²) >= 11 is 0. The van der Waals surface area contributed by atoms with Crippen LogP contribution in [0.2, 0.25) is 0 Å². The molecule has 2 rings (SSSR count). The molecular formula is C15H25N3O. The molecule has 106 valence electrons. The van der Waals surface area contributed by atoms with E-state index >= 15 is 0 Å². The number of hydrogen-bond acceptors (Lipinski definition) is 4. The lowest BCUT2D eigenvalue weighted by molar-refractivity contribution is 0.172. The predicted octanol–water partition coefficient (Wildman–Crippen LogP) is 1.53. The van der Waals surface area contributed by atoms with E-state index in [1.54, 1.807) is 0 Å². The minimum atomic E-state index is 0.506. The molecule has 1 fully saturated rings. The van der Waals surface area contributed by atoms with Crippen molar-refractivity contribution in [2.45, 2.75) is 25.9 Å². The summed E-state index contributed by atoms with van der Waals surface area (Å²) in [5.41, 5.74) is 1.13. The van der Waals surface area contributed by atoms with Gasteiger partial charge in [0.05, 0.1) is 18.9 Å². The second-order valence-corrected chi connectivity index (χ2v) is 5.38. The molecule has 1 N–H and O–H groups in total. The van der Waals surface area contributed by atoms with Gasteiger partial charge >= 0.3 is 0 Å². The van der Waals surface area contributed by atoms with E-state index < -0.39 is 0 Å². The molecule has 0 amide bonds. The zero-order valence-corrected chi connectivity index (χ0v) is 12.0. The molecule has 0 aromatic carbocycles. The van der Waals surface area contributed by atoms with Crippen molar-refractivity contribution in [2.24, 2.45) is 5.92 Å². The topological polar surface area (TPSA) is 37.4 Å². The van der Waals surface area contributed by atoms with Crippen LogP contribution in [0.3, 0.4) is 0 Å². The number of nitrogens with zero attached hydrogens (tertiary/aromatic N) is 2. The van der Waals surface area contributed by atoms with Crippen LogP contribution in [0, 0.1) is 5.92 Å². The molecule has 19 heavy (non-hydrogen) atoms. The molecule has 4 nitrogen and oxygen atoms in total. The number of rotatable bonds is 7. The number of pyridine rings is 1. The molecule has 1 aromatic rings. The second kappa shape index (κ2) is 7.58. The van der Waals surface area contributed by atoms with Crippen LogP contribution in [-0.2, 0) is 11.3 Å². The van der Waals surface area contributed by atoms with E-state index in [1.807, 2.05) is 18.3 Å². The fraction of sp³-hybridized carbons (Fsp3) is 0.667. The van der Waals surface area contributed by atoms with Crippen LogP contribution >= 0.6 is 0 Å². The van der Waals surface area contributed by atoms with Crippen LogP contribution in [0.5, 0.6) is 0 Å². The Morgan fingerprint density at radius 3 is 3.05 bits per heavy atom. The highest BCUT2D eigenvalue weighted by molar-refractivity contribution is 5.03. The fourth-order valence-corrected chi connectivity index (χ4v) is 2.57. The third-order valence-electron chi connectivity index (χ3n) is 3.56. The second-order valence-electron chi connectivity index (χ2n) is 5.38. The van der Waals surface area contributed by atoms with Crippen LogP contribution in [0.15, 0.2) is 24.4 Å². The molecule has 0 spiro atoms. The van der Waals surface area contributed by atoms with E-state index in [1.165, 1.54) is 6.42 Å². The first kappa shape index (κ1) is 14.4. The molecule has 0 aliphatic carbocycles. The number of hydrogen-bond donors (Lipinski definition) is 1. The SMILES string of the molecule is CCCNC1COCC1CN(C)Cc1ccccn1. The van der Waals surface area contributed by atoms with Crippen LogP contribution in [0.4, 0.5) is 0 Å². The first-order valence-electron chi connectivity index (χ1n) is 7.19. The van der Waals surface area contributed by atoms with E-state index in [-0.39, 0.29) is 0 Å². The maximum absolute atomic E-state index is 5.61. The molecule has 0 bridgehead atoms. The number of nitrogens with one attached hydrogen (secondary N) is 1. The molecule has 0 radical (unpaired) electrons.